The lowest BCUT2D eigenvalue weighted by Crippen LogP contribution is -2.05. The molecular weight excluding hydrogens is 324 g/mol. The van der Waals surface area contributed by atoms with E-state index in [1.54, 1.807) is 0 Å². The quantitative estimate of drug-likeness (QED) is 0.770. The van der Waals surface area contributed by atoms with Gasteiger partial charge in [-0.05, 0) is 47.6 Å². The van der Waals surface area contributed by atoms with Crippen molar-refractivity contribution in [2.45, 2.75) is 44.1 Å². The predicted octanol–water partition coefficient (Wildman–Crippen LogP) is 5.58. The first-order chi connectivity index (χ1) is 10.2. The van der Waals surface area contributed by atoms with Crippen LogP contribution in [0.4, 0.5) is 0 Å². The first kappa shape index (κ1) is 14.8. The van der Waals surface area contributed by atoms with E-state index in [9.17, 15) is 5.11 Å². The molecule has 1 nitrogen and oxygen atoms in total. The molecule has 1 unspecified atom stereocenters. The Morgan fingerprint density at radius 3 is 2.29 bits per heavy atom. The van der Waals surface area contributed by atoms with E-state index in [0.29, 0.717) is 0 Å². The van der Waals surface area contributed by atoms with Gasteiger partial charge in [0.05, 0.1) is 0 Å². The summed E-state index contributed by atoms with van der Waals surface area (Å²) in [5, 5.41) is 10.5. The van der Waals surface area contributed by atoms with Crippen molar-refractivity contribution in [1.29, 1.82) is 0 Å². The first-order valence-corrected chi connectivity index (χ1v) is 8.57. The van der Waals surface area contributed by atoms with Crippen molar-refractivity contribution in [3.63, 3.8) is 0 Å². The highest BCUT2D eigenvalue weighted by molar-refractivity contribution is 9.10. The second-order valence-corrected chi connectivity index (χ2v) is 6.87. The fourth-order valence-electron chi connectivity index (χ4n) is 3.26. The maximum absolute atomic E-state index is 10.5. The van der Waals surface area contributed by atoms with Crippen LogP contribution in [0, 0.1) is 0 Å². The summed E-state index contributed by atoms with van der Waals surface area (Å²) in [6.45, 7) is 0. The molecule has 0 spiro atoms. The van der Waals surface area contributed by atoms with E-state index in [0.717, 1.165) is 21.5 Å². The van der Waals surface area contributed by atoms with E-state index in [2.05, 4.69) is 40.2 Å². The predicted molar refractivity (Wildman–Crippen MR) is 90.5 cm³/mol. The molecule has 3 rings (SSSR count). The molecule has 21 heavy (non-hydrogen) atoms. The number of hydrogen-bond donors (Lipinski definition) is 1. The fraction of sp³-hybridized carbons (Fsp3) is 0.368. The molecule has 0 amide bonds. The summed E-state index contributed by atoms with van der Waals surface area (Å²) in [5.74, 6) is 0.718. The summed E-state index contributed by atoms with van der Waals surface area (Å²) in [6.07, 6.45) is 6.17. The highest BCUT2D eigenvalue weighted by Gasteiger charge is 2.16. The van der Waals surface area contributed by atoms with Crippen LogP contribution in [0.15, 0.2) is 53.0 Å². The molecule has 1 aliphatic carbocycles. The molecule has 0 bridgehead atoms. The van der Waals surface area contributed by atoms with Gasteiger partial charge in [-0.25, -0.2) is 0 Å². The van der Waals surface area contributed by atoms with Gasteiger partial charge in [-0.3, -0.25) is 0 Å². The van der Waals surface area contributed by atoms with Crippen LogP contribution in [0.25, 0.3) is 0 Å². The van der Waals surface area contributed by atoms with Crippen molar-refractivity contribution < 1.29 is 5.11 Å². The number of aliphatic hydroxyl groups excluding tert-OH is 1. The second-order valence-electron chi connectivity index (χ2n) is 5.96. The Morgan fingerprint density at radius 1 is 0.905 bits per heavy atom. The summed E-state index contributed by atoms with van der Waals surface area (Å²) >= 11 is 3.46. The highest BCUT2D eigenvalue weighted by Crippen LogP contribution is 2.33. The minimum Gasteiger partial charge on any atom is -0.384 e. The SMILES string of the molecule is OC(c1ccc(C2CCCCC2)cc1)c1cccc(Br)c1. The standard InChI is InChI=1S/C19H21BrO/c20-18-8-4-7-17(13-18)19(21)16-11-9-15(10-12-16)14-5-2-1-3-6-14/h4,7-14,19,21H,1-3,5-6H2. The van der Waals surface area contributed by atoms with Crippen LogP contribution >= 0.6 is 15.9 Å². The van der Waals surface area contributed by atoms with E-state index >= 15 is 0 Å². The molecule has 1 N–H and O–H groups in total. The van der Waals surface area contributed by atoms with Gasteiger partial charge in [0, 0.05) is 4.47 Å². The molecule has 2 aromatic carbocycles. The van der Waals surface area contributed by atoms with Crippen LogP contribution < -0.4 is 0 Å². The summed E-state index contributed by atoms with van der Waals surface area (Å²) in [7, 11) is 0. The Labute approximate surface area is 135 Å². The number of aliphatic hydroxyl groups is 1. The molecule has 1 saturated carbocycles. The molecular formula is C19H21BrO. The van der Waals surface area contributed by atoms with Gasteiger partial charge >= 0.3 is 0 Å². The molecule has 0 radical (unpaired) electrons. The van der Waals surface area contributed by atoms with Crippen LogP contribution in [-0.4, -0.2) is 5.11 Å². The largest absolute Gasteiger partial charge is 0.384 e. The van der Waals surface area contributed by atoms with E-state index < -0.39 is 6.10 Å². The average Bonchev–Trinajstić information content (AvgIpc) is 2.55. The van der Waals surface area contributed by atoms with Gasteiger partial charge < -0.3 is 5.11 Å². The maximum atomic E-state index is 10.5. The molecule has 0 aliphatic heterocycles. The Kier molecular flexibility index (Phi) is 4.77. The van der Waals surface area contributed by atoms with Gasteiger partial charge in [0.1, 0.15) is 6.10 Å². The summed E-state index contributed by atoms with van der Waals surface area (Å²) < 4.78 is 0.998. The lowest BCUT2D eigenvalue weighted by Gasteiger charge is -2.22. The van der Waals surface area contributed by atoms with Crippen molar-refractivity contribution in [3.8, 4) is 0 Å². The average molecular weight is 345 g/mol. The molecule has 1 aliphatic rings. The molecule has 1 fully saturated rings. The molecule has 1 atom stereocenters. The molecule has 0 aromatic heterocycles. The van der Waals surface area contributed by atoms with Crippen LogP contribution in [0.5, 0.6) is 0 Å². The topological polar surface area (TPSA) is 20.2 Å². The fourth-order valence-corrected chi connectivity index (χ4v) is 3.67. The molecule has 2 aromatic rings. The summed E-state index contributed by atoms with van der Waals surface area (Å²) in [6, 6.07) is 16.4. The Bertz CT molecular complexity index is 585. The number of benzene rings is 2. The van der Waals surface area contributed by atoms with Gasteiger partial charge in [0.15, 0.2) is 0 Å². The summed E-state index contributed by atoms with van der Waals surface area (Å²) in [4.78, 5) is 0. The van der Waals surface area contributed by atoms with Gasteiger partial charge in [0.2, 0.25) is 0 Å². The molecule has 110 valence electrons. The van der Waals surface area contributed by atoms with Crippen LogP contribution in [0.1, 0.15) is 60.8 Å². The molecule has 0 saturated heterocycles. The van der Waals surface area contributed by atoms with E-state index in [4.69, 9.17) is 0 Å². The summed E-state index contributed by atoms with van der Waals surface area (Å²) in [5.41, 5.74) is 3.32. The third kappa shape index (κ3) is 3.56. The Morgan fingerprint density at radius 2 is 1.62 bits per heavy atom. The third-order valence-corrected chi connectivity index (χ3v) is 4.99. The minimum atomic E-state index is -0.553. The third-order valence-electron chi connectivity index (χ3n) is 4.49. The van der Waals surface area contributed by atoms with E-state index in [1.807, 2.05) is 24.3 Å². The molecule has 2 heteroatoms. The van der Waals surface area contributed by atoms with Gasteiger partial charge in [-0.15, -0.1) is 0 Å². The molecule has 0 heterocycles. The van der Waals surface area contributed by atoms with Crippen LogP contribution in [0.3, 0.4) is 0 Å². The smallest absolute Gasteiger partial charge is 0.104 e. The van der Waals surface area contributed by atoms with Gasteiger partial charge in [0.25, 0.3) is 0 Å². The zero-order valence-electron chi connectivity index (χ0n) is 12.1. The first-order valence-electron chi connectivity index (χ1n) is 7.77. The van der Waals surface area contributed by atoms with Crippen molar-refractivity contribution in [2.24, 2.45) is 0 Å². The number of hydrogen-bond acceptors (Lipinski definition) is 1. The van der Waals surface area contributed by atoms with Gasteiger partial charge in [-0.2, -0.15) is 0 Å². The van der Waals surface area contributed by atoms with Crippen LogP contribution in [-0.2, 0) is 0 Å². The Hall–Kier alpha value is -1.12. The lowest BCUT2D eigenvalue weighted by molar-refractivity contribution is 0.220. The minimum absolute atomic E-state index is 0.553. The maximum Gasteiger partial charge on any atom is 0.104 e. The monoisotopic (exact) mass is 344 g/mol. The normalized spacial score (nSPS) is 17.6. The van der Waals surface area contributed by atoms with Crippen molar-refractivity contribution in [3.05, 3.63) is 69.7 Å². The van der Waals surface area contributed by atoms with Gasteiger partial charge in [-0.1, -0.05) is 71.6 Å². The second kappa shape index (κ2) is 6.76. The lowest BCUT2D eigenvalue weighted by atomic mass is 9.83. The van der Waals surface area contributed by atoms with E-state index in [-0.39, 0.29) is 0 Å². The van der Waals surface area contributed by atoms with Crippen molar-refractivity contribution in [2.75, 3.05) is 0 Å². The Balaban J connectivity index is 1.77. The number of rotatable bonds is 3. The number of halogens is 1. The van der Waals surface area contributed by atoms with Crippen molar-refractivity contribution in [1.82, 2.24) is 0 Å². The zero-order chi connectivity index (χ0) is 14.7. The zero-order valence-corrected chi connectivity index (χ0v) is 13.7. The van der Waals surface area contributed by atoms with Crippen LogP contribution in [0.2, 0.25) is 0 Å². The highest BCUT2D eigenvalue weighted by atomic mass is 79.9. The van der Waals surface area contributed by atoms with E-state index in [1.165, 1.54) is 37.7 Å². The van der Waals surface area contributed by atoms with Crippen molar-refractivity contribution >= 4 is 15.9 Å².